The fourth-order valence-electron chi connectivity index (χ4n) is 1.70. The Labute approximate surface area is 132 Å². The highest BCUT2D eigenvalue weighted by Crippen LogP contribution is 2.21. The quantitative estimate of drug-likeness (QED) is 0.842. The zero-order valence-electron chi connectivity index (χ0n) is 13.0. The van der Waals surface area contributed by atoms with Gasteiger partial charge in [0.1, 0.15) is 0 Å². The molecular weight excluding hydrogens is 302 g/mol. The van der Waals surface area contributed by atoms with Gasteiger partial charge in [-0.15, -0.1) is 10.2 Å². The van der Waals surface area contributed by atoms with Crippen LogP contribution in [0.2, 0.25) is 0 Å². The summed E-state index contributed by atoms with van der Waals surface area (Å²) in [4.78, 5) is 23.8. The predicted octanol–water partition coefficient (Wildman–Crippen LogP) is 1.83. The van der Waals surface area contributed by atoms with Crippen molar-refractivity contribution in [2.24, 2.45) is 0 Å². The van der Waals surface area contributed by atoms with Gasteiger partial charge in [0.2, 0.25) is 5.91 Å². The van der Waals surface area contributed by atoms with Crippen LogP contribution in [-0.2, 0) is 4.79 Å². The Morgan fingerprint density at radius 2 is 2.00 bits per heavy atom. The summed E-state index contributed by atoms with van der Waals surface area (Å²) >= 11 is 1.25. The van der Waals surface area contributed by atoms with Crippen molar-refractivity contribution in [3.63, 3.8) is 0 Å². The Morgan fingerprint density at radius 3 is 2.68 bits per heavy atom. The van der Waals surface area contributed by atoms with Crippen molar-refractivity contribution in [3.05, 3.63) is 24.4 Å². The minimum absolute atomic E-state index is 0.376. The summed E-state index contributed by atoms with van der Waals surface area (Å²) < 4.78 is 1.80. The molecule has 0 fully saturated rings. The lowest BCUT2D eigenvalue weighted by molar-refractivity contribution is -0.119. The van der Waals surface area contributed by atoms with Crippen LogP contribution < -0.4 is 10.6 Å². The van der Waals surface area contributed by atoms with Crippen molar-refractivity contribution < 1.29 is 9.59 Å². The van der Waals surface area contributed by atoms with E-state index in [0.717, 1.165) is 0 Å². The van der Waals surface area contributed by atoms with E-state index in [4.69, 9.17) is 0 Å². The molecule has 3 amide bonds. The lowest BCUT2D eigenvalue weighted by Gasteiger charge is -2.21. The predicted molar refractivity (Wildman–Crippen MR) is 84.7 cm³/mol. The number of pyridine rings is 1. The zero-order valence-corrected chi connectivity index (χ0v) is 13.8. The highest BCUT2D eigenvalue weighted by molar-refractivity contribution is 8.00. The number of imide groups is 1. The summed E-state index contributed by atoms with van der Waals surface area (Å²) in [7, 11) is 0. The summed E-state index contributed by atoms with van der Waals surface area (Å²) in [5, 5.41) is 13.2. The molecule has 118 valence electrons. The third-order valence-electron chi connectivity index (χ3n) is 2.66. The SMILES string of the molecule is C[C@@H](Sc1nnc2ccccn12)C(=O)NC(=O)NC(C)(C)C. The Kier molecular flexibility index (Phi) is 4.70. The van der Waals surface area contributed by atoms with Crippen LogP contribution in [0, 0.1) is 0 Å². The second-order valence-electron chi connectivity index (χ2n) is 5.86. The van der Waals surface area contributed by atoms with Crippen LogP contribution in [0.25, 0.3) is 5.65 Å². The monoisotopic (exact) mass is 321 g/mol. The second kappa shape index (κ2) is 6.35. The van der Waals surface area contributed by atoms with E-state index >= 15 is 0 Å². The summed E-state index contributed by atoms with van der Waals surface area (Å²) in [6, 6.07) is 5.06. The van der Waals surface area contributed by atoms with E-state index in [0.29, 0.717) is 10.8 Å². The number of carbonyl (C=O) groups excluding carboxylic acids is 2. The molecular formula is C14H19N5O2S. The number of carbonyl (C=O) groups is 2. The van der Waals surface area contributed by atoms with Crippen molar-refractivity contribution in [2.75, 3.05) is 0 Å². The molecule has 0 aliphatic carbocycles. The molecule has 0 saturated carbocycles. The van der Waals surface area contributed by atoms with E-state index < -0.39 is 16.8 Å². The normalized spacial score (nSPS) is 12.9. The first-order valence-corrected chi connectivity index (χ1v) is 7.74. The van der Waals surface area contributed by atoms with Crippen molar-refractivity contribution in [2.45, 2.75) is 43.6 Å². The van der Waals surface area contributed by atoms with Gasteiger partial charge < -0.3 is 5.32 Å². The van der Waals surface area contributed by atoms with Gasteiger partial charge in [-0.3, -0.25) is 14.5 Å². The molecule has 2 rings (SSSR count). The number of nitrogens with zero attached hydrogens (tertiary/aromatic N) is 3. The van der Waals surface area contributed by atoms with Crippen LogP contribution in [0.3, 0.4) is 0 Å². The maximum Gasteiger partial charge on any atom is 0.321 e. The molecule has 0 aliphatic heterocycles. The third kappa shape index (κ3) is 4.20. The molecule has 0 saturated heterocycles. The van der Waals surface area contributed by atoms with E-state index in [2.05, 4.69) is 20.8 Å². The number of amides is 3. The number of thioether (sulfide) groups is 1. The standard InChI is InChI=1S/C14H19N5O2S/c1-9(11(20)15-12(21)16-14(2,3)4)22-13-18-17-10-7-5-6-8-19(10)13/h5-9H,1-4H3,(H2,15,16,20,21)/t9-/m1/s1. The fourth-order valence-corrected chi connectivity index (χ4v) is 2.53. The largest absolute Gasteiger partial charge is 0.333 e. The molecule has 0 aliphatic rings. The average Bonchev–Trinajstić information content (AvgIpc) is 2.80. The summed E-state index contributed by atoms with van der Waals surface area (Å²) in [5.41, 5.74) is 0.312. The minimum atomic E-state index is -0.504. The van der Waals surface area contributed by atoms with Gasteiger partial charge in [0, 0.05) is 11.7 Å². The zero-order chi connectivity index (χ0) is 16.3. The molecule has 0 bridgehead atoms. The number of hydrogen-bond acceptors (Lipinski definition) is 5. The number of aromatic nitrogens is 3. The van der Waals surface area contributed by atoms with Crippen LogP contribution in [0.4, 0.5) is 4.79 Å². The first-order valence-electron chi connectivity index (χ1n) is 6.86. The smallest absolute Gasteiger partial charge is 0.321 e. The summed E-state index contributed by atoms with van der Waals surface area (Å²) in [6.07, 6.45) is 1.83. The van der Waals surface area contributed by atoms with Crippen LogP contribution >= 0.6 is 11.8 Å². The molecule has 0 unspecified atom stereocenters. The van der Waals surface area contributed by atoms with E-state index in [9.17, 15) is 9.59 Å². The van der Waals surface area contributed by atoms with Gasteiger partial charge in [-0.2, -0.15) is 0 Å². The van der Waals surface area contributed by atoms with Crippen molar-refractivity contribution in [3.8, 4) is 0 Å². The minimum Gasteiger partial charge on any atom is -0.333 e. The van der Waals surface area contributed by atoms with Gasteiger partial charge in [-0.05, 0) is 39.8 Å². The topological polar surface area (TPSA) is 88.4 Å². The highest BCUT2D eigenvalue weighted by Gasteiger charge is 2.21. The van der Waals surface area contributed by atoms with Gasteiger partial charge in [-0.1, -0.05) is 17.8 Å². The van der Waals surface area contributed by atoms with Crippen LogP contribution in [0.1, 0.15) is 27.7 Å². The molecule has 2 aromatic rings. The van der Waals surface area contributed by atoms with E-state index in [1.54, 1.807) is 11.3 Å². The summed E-state index contributed by atoms with van der Waals surface area (Å²) in [5.74, 6) is -0.376. The van der Waals surface area contributed by atoms with Crippen molar-refractivity contribution in [1.82, 2.24) is 25.2 Å². The Morgan fingerprint density at radius 1 is 1.27 bits per heavy atom. The second-order valence-corrected chi connectivity index (χ2v) is 7.17. The molecule has 2 aromatic heterocycles. The van der Waals surface area contributed by atoms with Gasteiger partial charge >= 0.3 is 6.03 Å². The molecule has 2 heterocycles. The van der Waals surface area contributed by atoms with Gasteiger partial charge in [0.15, 0.2) is 10.8 Å². The van der Waals surface area contributed by atoms with Gasteiger partial charge in [0.25, 0.3) is 0 Å². The maximum absolute atomic E-state index is 12.1. The first kappa shape index (κ1) is 16.3. The number of rotatable bonds is 3. The number of urea groups is 1. The van der Waals surface area contributed by atoms with Gasteiger partial charge in [-0.25, -0.2) is 4.79 Å². The van der Waals surface area contributed by atoms with Gasteiger partial charge in [0.05, 0.1) is 5.25 Å². The first-order chi connectivity index (χ1) is 10.3. The fraction of sp³-hybridized carbons (Fsp3) is 0.429. The lowest BCUT2D eigenvalue weighted by Crippen LogP contribution is -2.49. The molecule has 1 atom stereocenters. The van der Waals surface area contributed by atoms with E-state index in [-0.39, 0.29) is 5.91 Å². The number of fused-ring (bicyclic) bond motifs is 1. The molecule has 8 heteroatoms. The molecule has 2 N–H and O–H groups in total. The molecule has 0 radical (unpaired) electrons. The third-order valence-corrected chi connectivity index (χ3v) is 3.72. The Bertz CT molecular complexity index is 692. The summed E-state index contributed by atoms with van der Waals surface area (Å²) in [6.45, 7) is 7.25. The van der Waals surface area contributed by atoms with Crippen molar-refractivity contribution in [1.29, 1.82) is 0 Å². The Hall–Kier alpha value is -2.09. The van der Waals surface area contributed by atoms with Crippen molar-refractivity contribution >= 4 is 29.3 Å². The van der Waals surface area contributed by atoms with Crippen LogP contribution in [0.15, 0.2) is 29.6 Å². The highest BCUT2D eigenvalue weighted by atomic mass is 32.2. The maximum atomic E-state index is 12.1. The lowest BCUT2D eigenvalue weighted by atomic mass is 10.1. The number of hydrogen-bond donors (Lipinski definition) is 2. The number of nitrogens with one attached hydrogen (secondary N) is 2. The molecule has 22 heavy (non-hydrogen) atoms. The van der Waals surface area contributed by atoms with E-state index in [1.165, 1.54) is 11.8 Å². The molecule has 0 aromatic carbocycles. The van der Waals surface area contributed by atoms with E-state index in [1.807, 2.05) is 45.2 Å². The Balaban J connectivity index is 1.98. The average molecular weight is 321 g/mol. The van der Waals surface area contributed by atoms with Crippen LogP contribution in [0.5, 0.6) is 0 Å². The molecule has 0 spiro atoms. The van der Waals surface area contributed by atoms with Crippen LogP contribution in [-0.4, -0.2) is 37.3 Å². The molecule has 7 nitrogen and oxygen atoms in total.